The van der Waals surface area contributed by atoms with Gasteiger partial charge >= 0.3 is 6.09 Å². The summed E-state index contributed by atoms with van der Waals surface area (Å²) in [5.41, 5.74) is 0.635. The van der Waals surface area contributed by atoms with Crippen molar-refractivity contribution < 1.29 is 24.3 Å². The molecular formula is C22H29N5O5. The molecule has 172 valence electrons. The molecule has 4 amide bonds. The lowest BCUT2D eigenvalue weighted by Gasteiger charge is -2.34. The minimum atomic E-state index is -1.27. The van der Waals surface area contributed by atoms with Crippen molar-refractivity contribution in [1.82, 2.24) is 10.2 Å². The third-order valence-corrected chi connectivity index (χ3v) is 5.33. The van der Waals surface area contributed by atoms with E-state index in [2.05, 4.69) is 10.6 Å². The summed E-state index contributed by atoms with van der Waals surface area (Å²) in [7, 11) is 1.30. The van der Waals surface area contributed by atoms with Crippen molar-refractivity contribution in [3.8, 4) is 6.07 Å². The van der Waals surface area contributed by atoms with E-state index in [0.29, 0.717) is 16.9 Å². The number of nitrogens with one attached hydrogen (secondary N) is 2. The number of benzene rings is 1. The molecule has 0 aromatic heterocycles. The van der Waals surface area contributed by atoms with Crippen molar-refractivity contribution in [2.45, 2.75) is 59.2 Å². The first-order chi connectivity index (χ1) is 14.8. The first-order valence-corrected chi connectivity index (χ1v) is 10.2. The molecule has 2 rings (SSSR count). The second kappa shape index (κ2) is 9.26. The maximum Gasteiger partial charge on any atom is 0.407 e. The lowest BCUT2D eigenvalue weighted by Crippen LogP contribution is -2.59. The Balaban J connectivity index is 2.43. The largest absolute Gasteiger partial charge is 0.465 e. The van der Waals surface area contributed by atoms with Crippen molar-refractivity contribution in [1.29, 1.82) is 5.26 Å². The Bertz CT molecular complexity index is 978. The van der Waals surface area contributed by atoms with Gasteiger partial charge in [0.25, 0.3) is 0 Å². The number of hydrogen-bond donors (Lipinski definition) is 3. The summed E-state index contributed by atoms with van der Waals surface area (Å²) >= 11 is 0. The number of anilines is 2. The molecule has 32 heavy (non-hydrogen) atoms. The molecule has 1 aromatic rings. The number of nitrogens with zero attached hydrogens (tertiary/aromatic N) is 3. The number of hydrogen-bond acceptors (Lipinski definition) is 5. The van der Waals surface area contributed by atoms with E-state index in [-0.39, 0.29) is 17.7 Å². The van der Waals surface area contributed by atoms with E-state index < -0.39 is 36.0 Å². The predicted octanol–water partition coefficient (Wildman–Crippen LogP) is 2.15. The summed E-state index contributed by atoms with van der Waals surface area (Å²) in [6, 6.07) is 3.57. The zero-order chi connectivity index (χ0) is 24.4. The molecule has 3 N–H and O–H groups in total. The van der Waals surface area contributed by atoms with Crippen LogP contribution in [-0.4, -0.2) is 59.0 Å². The molecule has 0 bridgehead atoms. The molecule has 1 aliphatic heterocycles. The smallest absolute Gasteiger partial charge is 0.407 e. The van der Waals surface area contributed by atoms with E-state index >= 15 is 0 Å². The summed E-state index contributed by atoms with van der Waals surface area (Å²) in [6.45, 7) is 8.58. The minimum absolute atomic E-state index is 0.229. The summed E-state index contributed by atoms with van der Waals surface area (Å²) in [5, 5.41) is 24.0. The zero-order valence-electron chi connectivity index (χ0n) is 19.1. The Kier molecular flexibility index (Phi) is 7.13. The molecule has 0 saturated carbocycles. The maximum atomic E-state index is 13.1. The van der Waals surface area contributed by atoms with Gasteiger partial charge in [-0.25, -0.2) is 4.79 Å². The van der Waals surface area contributed by atoms with Crippen LogP contribution in [0.3, 0.4) is 0 Å². The van der Waals surface area contributed by atoms with Gasteiger partial charge in [0.05, 0.1) is 29.0 Å². The zero-order valence-corrected chi connectivity index (χ0v) is 19.1. The fraction of sp³-hybridized carbons (Fsp3) is 0.500. The lowest BCUT2D eigenvalue weighted by atomic mass is 9.87. The van der Waals surface area contributed by atoms with Crippen LogP contribution >= 0.6 is 0 Å². The quantitative estimate of drug-likeness (QED) is 0.651. The van der Waals surface area contributed by atoms with Gasteiger partial charge in [0.1, 0.15) is 12.1 Å². The van der Waals surface area contributed by atoms with Crippen LogP contribution in [-0.2, 0) is 14.4 Å². The van der Waals surface area contributed by atoms with Crippen LogP contribution in [0.5, 0.6) is 0 Å². The number of fused-ring (bicyclic) bond motifs is 1. The maximum absolute atomic E-state index is 13.1. The van der Waals surface area contributed by atoms with E-state index in [1.165, 1.54) is 37.1 Å². The molecule has 1 aromatic carbocycles. The Hall–Kier alpha value is -3.61. The van der Waals surface area contributed by atoms with Crippen molar-refractivity contribution >= 4 is 35.2 Å². The Morgan fingerprint density at radius 2 is 1.97 bits per heavy atom. The fourth-order valence-corrected chi connectivity index (χ4v) is 3.72. The highest BCUT2D eigenvalue weighted by Crippen LogP contribution is 2.33. The normalized spacial score (nSPS) is 19.0. The molecule has 0 aliphatic carbocycles. The number of amides is 4. The van der Waals surface area contributed by atoms with Crippen molar-refractivity contribution in [3.63, 3.8) is 0 Å². The number of carbonyl (C=O) groups is 4. The van der Waals surface area contributed by atoms with Gasteiger partial charge in [0, 0.05) is 14.0 Å². The van der Waals surface area contributed by atoms with Gasteiger partial charge in [-0.1, -0.05) is 20.8 Å². The molecule has 1 aliphatic rings. The molecule has 0 fully saturated rings. The summed E-state index contributed by atoms with van der Waals surface area (Å²) in [5.74, 6) is -1.56. The van der Waals surface area contributed by atoms with E-state index in [9.17, 15) is 29.5 Å². The van der Waals surface area contributed by atoms with E-state index in [1.807, 2.05) is 26.8 Å². The second-order valence-corrected chi connectivity index (χ2v) is 9.12. The van der Waals surface area contributed by atoms with Crippen LogP contribution in [0.1, 0.15) is 46.6 Å². The first-order valence-electron chi connectivity index (χ1n) is 10.2. The highest BCUT2D eigenvalue weighted by Gasteiger charge is 2.40. The molecule has 0 spiro atoms. The van der Waals surface area contributed by atoms with Crippen molar-refractivity contribution in [3.05, 3.63) is 23.8 Å². The van der Waals surface area contributed by atoms with Gasteiger partial charge in [-0.3, -0.25) is 19.3 Å². The van der Waals surface area contributed by atoms with E-state index in [0.717, 1.165) is 4.90 Å². The fourth-order valence-electron chi connectivity index (χ4n) is 3.72. The van der Waals surface area contributed by atoms with Crippen LogP contribution < -0.4 is 15.5 Å². The Labute approximate surface area is 187 Å². The average molecular weight is 444 g/mol. The first kappa shape index (κ1) is 24.7. The molecular weight excluding hydrogens is 414 g/mol. The SMILES string of the molecule is CC(=O)N1c2cc(C#N)ccc2NC(=O)[C@@H](NC(=O)[C@H](CC(C)(C)C)N(C)C(=O)O)[C@@H]1C. The van der Waals surface area contributed by atoms with Gasteiger partial charge in [-0.05, 0) is 37.0 Å². The highest BCUT2D eigenvalue weighted by atomic mass is 16.4. The summed E-state index contributed by atoms with van der Waals surface area (Å²) in [4.78, 5) is 52.4. The minimum Gasteiger partial charge on any atom is -0.465 e. The van der Waals surface area contributed by atoms with Crippen LogP contribution in [0.25, 0.3) is 0 Å². The molecule has 1 heterocycles. The van der Waals surface area contributed by atoms with Crippen LogP contribution in [0.4, 0.5) is 16.2 Å². The van der Waals surface area contributed by atoms with Crippen LogP contribution in [0.15, 0.2) is 18.2 Å². The second-order valence-electron chi connectivity index (χ2n) is 9.12. The number of carbonyl (C=O) groups excluding carboxylic acids is 3. The Morgan fingerprint density at radius 1 is 1.34 bits per heavy atom. The number of rotatable bonds is 4. The molecule has 3 atom stereocenters. The van der Waals surface area contributed by atoms with Gasteiger partial charge < -0.3 is 20.6 Å². The average Bonchev–Trinajstić information content (AvgIpc) is 2.78. The number of nitriles is 1. The van der Waals surface area contributed by atoms with Crippen LogP contribution in [0.2, 0.25) is 0 Å². The van der Waals surface area contributed by atoms with Gasteiger partial charge in [-0.2, -0.15) is 5.26 Å². The molecule has 0 unspecified atom stereocenters. The number of likely N-dealkylation sites (N-methyl/N-ethyl adjacent to an activating group) is 1. The molecule has 0 radical (unpaired) electrons. The summed E-state index contributed by atoms with van der Waals surface area (Å²) < 4.78 is 0. The Morgan fingerprint density at radius 3 is 2.47 bits per heavy atom. The van der Waals surface area contributed by atoms with E-state index in [4.69, 9.17) is 0 Å². The predicted molar refractivity (Wildman–Crippen MR) is 118 cm³/mol. The van der Waals surface area contributed by atoms with E-state index in [1.54, 1.807) is 6.92 Å². The summed E-state index contributed by atoms with van der Waals surface area (Å²) in [6.07, 6.45) is -1.04. The van der Waals surface area contributed by atoms with Gasteiger partial charge in [-0.15, -0.1) is 0 Å². The van der Waals surface area contributed by atoms with Crippen LogP contribution in [0, 0.1) is 16.7 Å². The third-order valence-electron chi connectivity index (χ3n) is 5.33. The topological polar surface area (TPSA) is 143 Å². The standard InChI is InChI=1S/C22H29N5O5/c1-12-18(25-19(29)17(10-22(3,4)5)26(6)21(31)32)20(30)24-15-8-7-14(11-23)9-16(15)27(12)13(2)28/h7-9,12,17-18H,10H2,1-6H3,(H,24,30)(H,25,29)(H,31,32)/t12-,17-,18-/m0/s1. The molecule has 10 heteroatoms. The molecule has 10 nitrogen and oxygen atoms in total. The van der Waals surface area contributed by atoms with Gasteiger partial charge in [0.15, 0.2) is 0 Å². The monoisotopic (exact) mass is 443 g/mol. The third kappa shape index (κ3) is 5.35. The van der Waals surface area contributed by atoms with Crippen molar-refractivity contribution in [2.24, 2.45) is 5.41 Å². The number of carboxylic acid groups (broad SMARTS) is 1. The highest BCUT2D eigenvalue weighted by molar-refractivity contribution is 6.07. The molecule has 0 saturated heterocycles. The van der Waals surface area contributed by atoms with Gasteiger partial charge in [0.2, 0.25) is 17.7 Å². The van der Waals surface area contributed by atoms with Crippen molar-refractivity contribution in [2.75, 3.05) is 17.3 Å². The lowest BCUT2D eigenvalue weighted by molar-refractivity contribution is -0.131.